The minimum absolute atomic E-state index is 0.429. The van der Waals surface area contributed by atoms with Crippen LogP contribution in [0.3, 0.4) is 0 Å². The molecule has 0 bridgehead atoms. The molecule has 0 saturated carbocycles. The van der Waals surface area contributed by atoms with E-state index in [1.165, 1.54) is 18.7 Å². The summed E-state index contributed by atoms with van der Waals surface area (Å²) < 4.78 is 4.16. The molecule has 1 saturated heterocycles. The summed E-state index contributed by atoms with van der Waals surface area (Å²) in [6, 6.07) is 4.20. The molecule has 0 spiro atoms. The molecule has 1 aliphatic rings. The Bertz CT molecular complexity index is 545. The van der Waals surface area contributed by atoms with Gasteiger partial charge in [-0.2, -0.15) is 0 Å². The summed E-state index contributed by atoms with van der Waals surface area (Å²) in [7, 11) is 2.09. The molecule has 92 valence electrons. The average molecular weight is 233 g/mol. The Hall–Kier alpha value is -1.62. The third-order valence-corrected chi connectivity index (χ3v) is 3.73. The highest BCUT2D eigenvalue weighted by atomic mass is 15.3. The lowest BCUT2D eigenvalue weighted by Crippen LogP contribution is -2.20. The lowest BCUT2D eigenvalue weighted by atomic mass is 10.4. The molecule has 0 radical (unpaired) electrons. The molecule has 17 heavy (non-hydrogen) atoms. The van der Waals surface area contributed by atoms with Crippen LogP contribution in [-0.2, 0) is 13.7 Å². The third-order valence-electron chi connectivity index (χ3n) is 3.73. The zero-order valence-corrected chi connectivity index (χ0v) is 10.2. The van der Waals surface area contributed by atoms with E-state index in [0.29, 0.717) is 6.67 Å². The number of anilines is 2. The van der Waals surface area contributed by atoms with E-state index in [9.17, 15) is 0 Å². The molecule has 0 aromatic carbocycles. The Morgan fingerprint density at radius 3 is 2.53 bits per heavy atom. The van der Waals surface area contributed by atoms with Crippen LogP contribution in [0.25, 0.3) is 11.0 Å². The van der Waals surface area contributed by atoms with Crippen LogP contribution in [0.2, 0.25) is 0 Å². The van der Waals surface area contributed by atoms with Crippen molar-refractivity contribution in [2.24, 2.45) is 12.8 Å². The van der Waals surface area contributed by atoms with E-state index >= 15 is 0 Å². The number of hydrogen-bond donors (Lipinski definition) is 2. The topological polar surface area (TPSA) is 65.1 Å². The largest absolute Gasteiger partial charge is 0.385 e. The van der Waals surface area contributed by atoms with Gasteiger partial charge in [0.2, 0.25) is 0 Å². The maximum Gasteiger partial charge on any atom is 0.110 e. The van der Waals surface area contributed by atoms with Gasteiger partial charge in [-0.3, -0.25) is 0 Å². The minimum atomic E-state index is 0.429. The molecule has 4 N–H and O–H groups in total. The Morgan fingerprint density at radius 1 is 1.18 bits per heavy atom. The maximum absolute atomic E-state index is 5.94. The van der Waals surface area contributed by atoms with Crippen molar-refractivity contribution < 1.29 is 0 Å². The number of nitrogen functional groups attached to an aromatic ring is 1. The Kier molecular flexibility index (Phi) is 2.29. The number of nitrogens with zero attached hydrogens (tertiary/aromatic N) is 3. The van der Waals surface area contributed by atoms with Crippen molar-refractivity contribution in [3.05, 3.63) is 12.1 Å². The molecule has 0 atom stereocenters. The molecule has 2 aromatic rings. The van der Waals surface area contributed by atoms with Crippen molar-refractivity contribution in [2.45, 2.75) is 19.5 Å². The molecule has 3 heterocycles. The Morgan fingerprint density at radius 2 is 1.88 bits per heavy atom. The first-order chi connectivity index (χ1) is 8.22. The molecule has 3 rings (SSSR count). The van der Waals surface area contributed by atoms with Crippen LogP contribution in [0.5, 0.6) is 0 Å². The highest BCUT2D eigenvalue weighted by Crippen LogP contribution is 2.30. The summed E-state index contributed by atoms with van der Waals surface area (Å²) in [5, 5.41) is 0. The van der Waals surface area contributed by atoms with Gasteiger partial charge < -0.3 is 25.5 Å². The summed E-state index contributed by atoms with van der Waals surface area (Å²) in [4.78, 5) is 2.43. The lowest BCUT2D eigenvalue weighted by molar-refractivity contribution is 0.774. The summed E-state index contributed by atoms with van der Waals surface area (Å²) in [6.45, 7) is 2.73. The van der Waals surface area contributed by atoms with Crippen LogP contribution >= 0.6 is 0 Å². The molecule has 1 fully saturated rings. The summed E-state index contributed by atoms with van der Waals surface area (Å²) in [5.41, 5.74) is 14.0. The Labute approximate surface area is 101 Å². The third kappa shape index (κ3) is 1.42. The maximum atomic E-state index is 5.94. The first-order valence-electron chi connectivity index (χ1n) is 6.12. The second kappa shape index (κ2) is 3.70. The van der Waals surface area contributed by atoms with Crippen LogP contribution < -0.4 is 16.4 Å². The molecule has 0 unspecified atom stereocenters. The van der Waals surface area contributed by atoms with E-state index in [4.69, 9.17) is 11.5 Å². The molecule has 5 heteroatoms. The van der Waals surface area contributed by atoms with E-state index in [2.05, 4.69) is 22.6 Å². The van der Waals surface area contributed by atoms with Crippen LogP contribution in [-0.4, -0.2) is 22.2 Å². The van der Waals surface area contributed by atoms with Crippen molar-refractivity contribution in [3.63, 3.8) is 0 Å². The molecular weight excluding hydrogens is 214 g/mol. The van der Waals surface area contributed by atoms with Gasteiger partial charge >= 0.3 is 0 Å². The van der Waals surface area contributed by atoms with Gasteiger partial charge in [0.05, 0.1) is 17.7 Å². The highest BCUT2D eigenvalue weighted by molar-refractivity contribution is 5.86. The fourth-order valence-electron chi connectivity index (χ4n) is 2.79. The fourth-order valence-corrected chi connectivity index (χ4v) is 2.79. The van der Waals surface area contributed by atoms with E-state index in [-0.39, 0.29) is 0 Å². The quantitative estimate of drug-likeness (QED) is 0.815. The van der Waals surface area contributed by atoms with Gasteiger partial charge in [-0.05, 0) is 12.8 Å². The predicted octanol–water partition coefficient (Wildman–Crippen LogP) is 1.08. The van der Waals surface area contributed by atoms with Crippen LogP contribution in [0.15, 0.2) is 12.1 Å². The first kappa shape index (κ1) is 10.5. The number of rotatable bonds is 2. The van der Waals surface area contributed by atoms with Crippen LogP contribution in [0.1, 0.15) is 12.8 Å². The van der Waals surface area contributed by atoms with Crippen LogP contribution in [0.4, 0.5) is 11.6 Å². The second-order valence-corrected chi connectivity index (χ2v) is 4.71. The first-order valence-corrected chi connectivity index (χ1v) is 6.12. The second-order valence-electron chi connectivity index (χ2n) is 4.71. The number of hydrogen-bond acceptors (Lipinski definition) is 3. The van der Waals surface area contributed by atoms with Gasteiger partial charge in [-0.1, -0.05) is 0 Å². The number of aryl methyl sites for hydroxylation is 1. The fraction of sp³-hybridized carbons (Fsp3) is 0.500. The number of fused-ring (bicyclic) bond motifs is 1. The smallest absolute Gasteiger partial charge is 0.110 e. The standard InChI is InChI=1S/C12H19N5/c1-15-9-6-11(14)17(8-13)10(9)7-12(15)16-4-2-3-5-16/h6-7H,2-5,8,13-14H2,1H3. The molecule has 2 aromatic heterocycles. The zero-order valence-electron chi connectivity index (χ0n) is 10.2. The Balaban J connectivity index is 2.15. The van der Waals surface area contributed by atoms with Gasteiger partial charge in [0.15, 0.2) is 0 Å². The zero-order chi connectivity index (χ0) is 12.0. The molecule has 5 nitrogen and oxygen atoms in total. The monoisotopic (exact) mass is 233 g/mol. The van der Waals surface area contributed by atoms with Gasteiger partial charge in [0.25, 0.3) is 0 Å². The summed E-state index contributed by atoms with van der Waals surface area (Å²) >= 11 is 0. The van der Waals surface area contributed by atoms with Crippen LogP contribution in [0, 0.1) is 0 Å². The van der Waals surface area contributed by atoms with Crippen molar-refractivity contribution >= 4 is 22.7 Å². The normalized spacial score (nSPS) is 16.2. The van der Waals surface area contributed by atoms with E-state index in [1.807, 2.05) is 10.6 Å². The van der Waals surface area contributed by atoms with E-state index in [0.717, 1.165) is 29.9 Å². The van der Waals surface area contributed by atoms with Gasteiger partial charge in [-0.15, -0.1) is 0 Å². The van der Waals surface area contributed by atoms with Crippen molar-refractivity contribution in [2.75, 3.05) is 23.7 Å². The SMILES string of the molecule is Cn1c(N2CCCC2)cc2c1cc(N)n2CN. The lowest BCUT2D eigenvalue weighted by Gasteiger charge is -2.18. The number of aromatic nitrogens is 2. The molecule has 1 aliphatic heterocycles. The van der Waals surface area contributed by atoms with Gasteiger partial charge in [-0.25, -0.2) is 0 Å². The highest BCUT2D eigenvalue weighted by Gasteiger charge is 2.19. The van der Waals surface area contributed by atoms with Crippen molar-refractivity contribution in [3.8, 4) is 0 Å². The molecule has 0 amide bonds. The van der Waals surface area contributed by atoms with Gasteiger partial charge in [0.1, 0.15) is 11.6 Å². The van der Waals surface area contributed by atoms with Crippen molar-refractivity contribution in [1.82, 2.24) is 9.13 Å². The van der Waals surface area contributed by atoms with E-state index < -0.39 is 0 Å². The predicted molar refractivity (Wildman–Crippen MR) is 71.0 cm³/mol. The summed E-state index contributed by atoms with van der Waals surface area (Å²) in [6.07, 6.45) is 2.57. The van der Waals surface area contributed by atoms with Gasteiger partial charge in [0, 0.05) is 32.3 Å². The number of nitrogens with two attached hydrogens (primary N) is 2. The summed E-state index contributed by atoms with van der Waals surface area (Å²) in [5.74, 6) is 2.01. The molecule has 0 aliphatic carbocycles. The van der Waals surface area contributed by atoms with Crippen molar-refractivity contribution in [1.29, 1.82) is 0 Å². The van der Waals surface area contributed by atoms with E-state index in [1.54, 1.807) is 0 Å². The molecular formula is C12H19N5. The average Bonchev–Trinajstić information content (AvgIpc) is 2.97. The minimum Gasteiger partial charge on any atom is -0.385 e.